The van der Waals surface area contributed by atoms with Crippen LogP contribution in [0.2, 0.25) is 0 Å². The molecule has 1 heterocycles. The number of hydrogen-bond donors (Lipinski definition) is 3. The van der Waals surface area contributed by atoms with Crippen molar-refractivity contribution in [3.8, 4) is 5.75 Å². The summed E-state index contributed by atoms with van der Waals surface area (Å²) < 4.78 is 5.84. The molecule has 2 aromatic carbocycles. The zero-order valence-corrected chi connectivity index (χ0v) is 16.5. The number of ether oxygens (including phenoxy) is 1. The number of carboxylic acid groups (broad SMARTS) is 1. The molecule has 0 radical (unpaired) electrons. The molecule has 1 atom stereocenters. The molecule has 3 N–H and O–H groups in total. The smallest absolute Gasteiger partial charge is 0.308 e. The van der Waals surface area contributed by atoms with Gasteiger partial charge in [-0.2, -0.15) is 0 Å². The number of rotatable bonds is 9. The highest BCUT2D eigenvalue weighted by Gasteiger charge is 2.21. The Morgan fingerprint density at radius 3 is 2.62 bits per heavy atom. The fraction of sp³-hybridized carbons (Fsp3) is 0.318. The third-order valence-electron chi connectivity index (χ3n) is 4.86. The molecule has 7 nitrogen and oxygen atoms in total. The molecule has 152 valence electrons. The standard InChI is InChI=1S/C22H25N3O4/c1-14(2)18(22(27)28)11-23-20(26)10-15-6-8-17(9-7-15)29-12-16-4-3-5-19-21(16)25-13-24-19/h3-9,13-14,18H,10-12H2,1-2H3,(H,23,26)(H,24,25)(H,27,28). The number of carboxylic acids is 1. The van der Waals surface area contributed by atoms with Crippen LogP contribution in [0.25, 0.3) is 11.0 Å². The van der Waals surface area contributed by atoms with Gasteiger partial charge in [0.25, 0.3) is 0 Å². The maximum atomic E-state index is 12.1. The number of imidazole rings is 1. The first-order chi connectivity index (χ1) is 13.9. The Hall–Kier alpha value is -3.35. The molecule has 0 fully saturated rings. The van der Waals surface area contributed by atoms with E-state index in [0.717, 1.165) is 22.2 Å². The summed E-state index contributed by atoms with van der Waals surface area (Å²) in [6.07, 6.45) is 1.85. The summed E-state index contributed by atoms with van der Waals surface area (Å²) in [6, 6.07) is 13.2. The highest BCUT2D eigenvalue weighted by Crippen LogP contribution is 2.19. The minimum Gasteiger partial charge on any atom is -0.489 e. The number of amides is 1. The summed E-state index contributed by atoms with van der Waals surface area (Å²) in [5, 5.41) is 11.9. The lowest BCUT2D eigenvalue weighted by molar-refractivity contribution is -0.143. The number of aliphatic carboxylic acids is 1. The lowest BCUT2D eigenvalue weighted by atomic mass is 9.96. The van der Waals surface area contributed by atoms with Crippen LogP contribution in [0.15, 0.2) is 48.8 Å². The molecule has 7 heteroatoms. The second-order valence-electron chi connectivity index (χ2n) is 7.32. The Morgan fingerprint density at radius 1 is 1.17 bits per heavy atom. The molecule has 0 aliphatic heterocycles. The number of aromatic nitrogens is 2. The first-order valence-electron chi connectivity index (χ1n) is 9.56. The van der Waals surface area contributed by atoms with Gasteiger partial charge in [-0.3, -0.25) is 9.59 Å². The quantitative estimate of drug-likeness (QED) is 0.516. The molecule has 3 rings (SSSR count). The van der Waals surface area contributed by atoms with Crippen molar-refractivity contribution in [2.75, 3.05) is 6.54 Å². The lowest BCUT2D eigenvalue weighted by Gasteiger charge is -2.16. The van der Waals surface area contributed by atoms with Gasteiger partial charge >= 0.3 is 5.97 Å². The number of para-hydroxylation sites is 1. The SMILES string of the molecule is CC(C)C(CNC(=O)Cc1ccc(OCc2cccc3[nH]cnc23)cc1)C(=O)O. The van der Waals surface area contributed by atoms with E-state index in [2.05, 4.69) is 15.3 Å². The summed E-state index contributed by atoms with van der Waals surface area (Å²) in [5.41, 5.74) is 3.68. The van der Waals surface area contributed by atoms with Gasteiger partial charge in [0.05, 0.1) is 29.7 Å². The van der Waals surface area contributed by atoms with E-state index in [9.17, 15) is 14.7 Å². The molecule has 0 saturated heterocycles. The van der Waals surface area contributed by atoms with E-state index < -0.39 is 11.9 Å². The van der Waals surface area contributed by atoms with E-state index in [4.69, 9.17) is 4.74 Å². The van der Waals surface area contributed by atoms with Gasteiger partial charge in [0.2, 0.25) is 5.91 Å². The fourth-order valence-corrected chi connectivity index (χ4v) is 3.09. The Kier molecular flexibility index (Phi) is 6.49. The molecule has 29 heavy (non-hydrogen) atoms. The molecule has 1 aromatic heterocycles. The molecular weight excluding hydrogens is 370 g/mol. The Morgan fingerprint density at radius 2 is 1.93 bits per heavy atom. The van der Waals surface area contributed by atoms with Crippen LogP contribution >= 0.6 is 0 Å². The Balaban J connectivity index is 1.51. The molecule has 0 aliphatic carbocycles. The van der Waals surface area contributed by atoms with Gasteiger partial charge in [-0.15, -0.1) is 0 Å². The first-order valence-corrected chi connectivity index (χ1v) is 9.56. The van der Waals surface area contributed by atoms with Crippen molar-refractivity contribution in [2.24, 2.45) is 11.8 Å². The number of H-pyrrole nitrogens is 1. The van der Waals surface area contributed by atoms with Crippen LogP contribution in [-0.2, 0) is 22.6 Å². The predicted molar refractivity (Wildman–Crippen MR) is 110 cm³/mol. The normalized spacial score (nSPS) is 12.1. The summed E-state index contributed by atoms with van der Waals surface area (Å²) in [6.45, 7) is 4.19. The van der Waals surface area contributed by atoms with Gasteiger partial charge < -0.3 is 20.1 Å². The van der Waals surface area contributed by atoms with Gasteiger partial charge in [-0.25, -0.2) is 4.98 Å². The van der Waals surface area contributed by atoms with Gasteiger partial charge in [0, 0.05) is 12.1 Å². The van der Waals surface area contributed by atoms with E-state index in [1.54, 1.807) is 6.33 Å². The van der Waals surface area contributed by atoms with Crippen molar-refractivity contribution in [1.29, 1.82) is 0 Å². The van der Waals surface area contributed by atoms with Gasteiger partial charge in [0.15, 0.2) is 0 Å². The highest BCUT2D eigenvalue weighted by molar-refractivity contribution is 5.80. The van der Waals surface area contributed by atoms with Crippen LogP contribution in [-0.4, -0.2) is 33.5 Å². The van der Waals surface area contributed by atoms with Crippen LogP contribution in [0.5, 0.6) is 5.75 Å². The van der Waals surface area contributed by atoms with Gasteiger partial charge in [-0.1, -0.05) is 38.1 Å². The van der Waals surface area contributed by atoms with Crippen molar-refractivity contribution < 1.29 is 19.4 Å². The van der Waals surface area contributed by atoms with Crippen molar-refractivity contribution in [1.82, 2.24) is 15.3 Å². The summed E-state index contributed by atoms with van der Waals surface area (Å²) >= 11 is 0. The average molecular weight is 395 g/mol. The van der Waals surface area contributed by atoms with E-state index in [-0.39, 0.29) is 24.8 Å². The maximum absolute atomic E-state index is 12.1. The maximum Gasteiger partial charge on any atom is 0.308 e. The molecule has 0 bridgehead atoms. The van der Waals surface area contributed by atoms with Crippen molar-refractivity contribution in [3.05, 3.63) is 59.9 Å². The number of benzene rings is 2. The van der Waals surface area contributed by atoms with E-state index in [1.807, 2.05) is 56.3 Å². The number of fused-ring (bicyclic) bond motifs is 1. The molecule has 3 aromatic rings. The Bertz CT molecular complexity index is 979. The number of hydrogen-bond acceptors (Lipinski definition) is 4. The van der Waals surface area contributed by atoms with Crippen LogP contribution in [0.4, 0.5) is 0 Å². The van der Waals surface area contributed by atoms with Crippen LogP contribution in [0.3, 0.4) is 0 Å². The fourth-order valence-electron chi connectivity index (χ4n) is 3.09. The third kappa shape index (κ3) is 5.34. The third-order valence-corrected chi connectivity index (χ3v) is 4.86. The lowest BCUT2D eigenvalue weighted by Crippen LogP contribution is -2.36. The largest absolute Gasteiger partial charge is 0.489 e. The monoisotopic (exact) mass is 395 g/mol. The zero-order valence-electron chi connectivity index (χ0n) is 16.5. The Labute approximate surface area is 169 Å². The van der Waals surface area contributed by atoms with E-state index in [0.29, 0.717) is 12.4 Å². The zero-order chi connectivity index (χ0) is 20.8. The number of aromatic amines is 1. The van der Waals surface area contributed by atoms with E-state index >= 15 is 0 Å². The molecule has 0 saturated carbocycles. The van der Waals surface area contributed by atoms with E-state index in [1.165, 1.54) is 0 Å². The molecule has 1 unspecified atom stereocenters. The second kappa shape index (κ2) is 9.23. The van der Waals surface area contributed by atoms with Crippen LogP contribution in [0, 0.1) is 11.8 Å². The number of nitrogens with zero attached hydrogens (tertiary/aromatic N) is 1. The topological polar surface area (TPSA) is 104 Å². The average Bonchev–Trinajstić information content (AvgIpc) is 3.16. The molecule has 0 spiro atoms. The van der Waals surface area contributed by atoms with Crippen LogP contribution < -0.4 is 10.1 Å². The van der Waals surface area contributed by atoms with Crippen molar-refractivity contribution in [2.45, 2.75) is 26.9 Å². The number of carbonyl (C=O) groups is 2. The first kappa shape index (κ1) is 20.4. The summed E-state index contributed by atoms with van der Waals surface area (Å²) in [7, 11) is 0. The predicted octanol–water partition coefficient (Wildman–Crippen LogP) is 3.16. The molecular formula is C22H25N3O4. The second-order valence-corrected chi connectivity index (χ2v) is 7.32. The number of carbonyl (C=O) groups excluding carboxylic acids is 1. The minimum absolute atomic E-state index is 0.0449. The van der Waals surface area contributed by atoms with Gasteiger partial charge in [-0.05, 0) is 29.7 Å². The summed E-state index contributed by atoms with van der Waals surface area (Å²) in [4.78, 5) is 30.7. The van der Waals surface area contributed by atoms with Crippen molar-refractivity contribution in [3.63, 3.8) is 0 Å². The minimum atomic E-state index is -0.896. The van der Waals surface area contributed by atoms with Crippen molar-refractivity contribution >= 4 is 22.9 Å². The number of nitrogens with one attached hydrogen (secondary N) is 2. The molecule has 1 amide bonds. The summed E-state index contributed by atoms with van der Waals surface area (Å²) in [5.74, 6) is -1.03. The highest BCUT2D eigenvalue weighted by atomic mass is 16.5. The van der Waals surface area contributed by atoms with Crippen LogP contribution in [0.1, 0.15) is 25.0 Å². The van der Waals surface area contributed by atoms with Gasteiger partial charge in [0.1, 0.15) is 12.4 Å². The molecule has 0 aliphatic rings.